The van der Waals surface area contributed by atoms with E-state index >= 15 is 0 Å². The number of amides is 1. The number of nitrogens with zero attached hydrogens (tertiary/aromatic N) is 1. The predicted octanol–water partition coefficient (Wildman–Crippen LogP) is 3.20. The summed E-state index contributed by atoms with van der Waals surface area (Å²) in [4.78, 5) is 14.7. The summed E-state index contributed by atoms with van der Waals surface area (Å²) in [6.07, 6.45) is 3.12. The van der Waals surface area contributed by atoms with Crippen molar-refractivity contribution in [3.63, 3.8) is 0 Å². The summed E-state index contributed by atoms with van der Waals surface area (Å²) in [5.41, 5.74) is 2.43. The van der Waals surface area contributed by atoms with Crippen LogP contribution in [0, 0.1) is 12.8 Å². The fraction of sp³-hybridized carbons (Fsp3) is 0.588. The van der Waals surface area contributed by atoms with Crippen LogP contribution in [0.5, 0.6) is 0 Å². The average Bonchev–Trinajstić information content (AvgIpc) is 2.82. The van der Waals surface area contributed by atoms with E-state index in [1.807, 2.05) is 4.90 Å². The zero-order valence-electron chi connectivity index (χ0n) is 13.4. The summed E-state index contributed by atoms with van der Waals surface area (Å²) in [5, 5.41) is 3.55. The zero-order valence-corrected chi connectivity index (χ0v) is 14.2. The molecule has 1 aromatic rings. The number of carbonyl (C=O) groups is 1. The topological polar surface area (TPSA) is 32.3 Å². The lowest BCUT2D eigenvalue weighted by molar-refractivity contribution is -0.130. The third kappa shape index (κ3) is 3.61. The molecule has 3 unspecified atom stereocenters. The molecule has 1 aliphatic heterocycles. The summed E-state index contributed by atoms with van der Waals surface area (Å²) < 4.78 is 0. The molecule has 1 heterocycles. The second-order valence-corrected chi connectivity index (χ2v) is 6.85. The highest BCUT2D eigenvalue weighted by atomic mass is 32.2. The Morgan fingerprint density at radius 2 is 2.00 bits per heavy atom. The minimum Gasteiger partial charge on any atom is -0.321 e. The van der Waals surface area contributed by atoms with Crippen LogP contribution in [-0.4, -0.2) is 35.4 Å². The standard InChI is InChI=1S/C17H26N2OS/c1-5-13(3)15-17(20)19(10-11-21-4)16(18-15)14-8-6-12(2)7-9-14/h6-9,13,15-16,18H,5,10-11H2,1-4H3. The number of thioether (sulfide) groups is 1. The first-order valence-electron chi connectivity index (χ1n) is 7.70. The molecule has 1 amide bonds. The Morgan fingerprint density at radius 1 is 1.33 bits per heavy atom. The molecule has 2 rings (SSSR count). The SMILES string of the molecule is CCC(C)C1NC(c2ccc(C)cc2)N(CCSC)C1=O. The van der Waals surface area contributed by atoms with Crippen LogP contribution in [0.3, 0.4) is 0 Å². The van der Waals surface area contributed by atoms with Crippen molar-refractivity contribution in [1.82, 2.24) is 10.2 Å². The van der Waals surface area contributed by atoms with Gasteiger partial charge in [-0.05, 0) is 24.7 Å². The molecule has 3 nitrogen and oxygen atoms in total. The van der Waals surface area contributed by atoms with Crippen LogP contribution in [-0.2, 0) is 4.79 Å². The number of nitrogens with one attached hydrogen (secondary N) is 1. The smallest absolute Gasteiger partial charge is 0.241 e. The molecule has 0 saturated carbocycles. The highest BCUT2D eigenvalue weighted by Gasteiger charge is 2.41. The van der Waals surface area contributed by atoms with E-state index in [0.29, 0.717) is 5.92 Å². The normalized spacial score (nSPS) is 23.6. The molecule has 1 N–H and O–H groups in total. The van der Waals surface area contributed by atoms with Gasteiger partial charge in [-0.1, -0.05) is 50.1 Å². The number of aryl methyl sites for hydroxylation is 1. The molecular weight excluding hydrogens is 280 g/mol. The monoisotopic (exact) mass is 306 g/mol. The van der Waals surface area contributed by atoms with Gasteiger partial charge < -0.3 is 4.90 Å². The van der Waals surface area contributed by atoms with Crippen LogP contribution >= 0.6 is 11.8 Å². The highest BCUT2D eigenvalue weighted by molar-refractivity contribution is 7.98. The van der Waals surface area contributed by atoms with Crippen molar-refractivity contribution < 1.29 is 4.79 Å². The summed E-state index contributed by atoms with van der Waals surface area (Å²) >= 11 is 1.78. The molecule has 0 bridgehead atoms. The van der Waals surface area contributed by atoms with E-state index in [2.05, 4.69) is 56.6 Å². The molecule has 1 saturated heterocycles. The molecule has 0 radical (unpaired) electrons. The number of rotatable bonds is 6. The highest BCUT2D eigenvalue weighted by Crippen LogP contribution is 2.29. The van der Waals surface area contributed by atoms with Gasteiger partial charge in [-0.2, -0.15) is 11.8 Å². The van der Waals surface area contributed by atoms with Crippen molar-refractivity contribution in [3.8, 4) is 0 Å². The van der Waals surface area contributed by atoms with E-state index < -0.39 is 0 Å². The minimum absolute atomic E-state index is 0.0178. The van der Waals surface area contributed by atoms with E-state index in [4.69, 9.17) is 0 Å². The molecule has 21 heavy (non-hydrogen) atoms. The minimum atomic E-state index is -0.0526. The van der Waals surface area contributed by atoms with Crippen molar-refractivity contribution in [3.05, 3.63) is 35.4 Å². The lowest BCUT2D eigenvalue weighted by atomic mass is 9.99. The Morgan fingerprint density at radius 3 is 2.57 bits per heavy atom. The lowest BCUT2D eigenvalue weighted by Gasteiger charge is -2.24. The van der Waals surface area contributed by atoms with Gasteiger partial charge in [-0.3, -0.25) is 10.1 Å². The van der Waals surface area contributed by atoms with Crippen molar-refractivity contribution in [2.75, 3.05) is 18.6 Å². The maximum atomic E-state index is 12.7. The van der Waals surface area contributed by atoms with E-state index in [1.54, 1.807) is 11.8 Å². The van der Waals surface area contributed by atoms with Gasteiger partial charge in [0.1, 0.15) is 6.17 Å². The quantitative estimate of drug-likeness (QED) is 0.876. The van der Waals surface area contributed by atoms with Gasteiger partial charge in [-0.25, -0.2) is 0 Å². The van der Waals surface area contributed by atoms with E-state index in [-0.39, 0.29) is 18.1 Å². The third-order valence-corrected chi connectivity index (χ3v) is 4.93. The first-order valence-corrected chi connectivity index (χ1v) is 9.10. The van der Waals surface area contributed by atoms with Gasteiger partial charge in [0.15, 0.2) is 0 Å². The summed E-state index contributed by atoms with van der Waals surface area (Å²) in [6.45, 7) is 7.19. The van der Waals surface area contributed by atoms with Crippen LogP contribution in [0.25, 0.3) is 0 Å². The largest absolute Gasteiger partial charge is 0.321 e. The number of hydrogen-bond acceptors (Lipinski definition) is 3. The lowest BCUT2D eigenvalue weighted by Crippen LogP contribution is -2.36. The summed E-state index contributed by atoms with van der Waals surface area (Å²) in [7, 11) is 0. The second kappa shape index (κ2) is 7.32. The van der Waals surface area contributed by atoms with Crippen LogP contribution in [0.4, 0.5) is 0 Å². The fourth-order valence-electron chi connectivity index (χ4n) is 2.73. The number of benzene rings is 1. The van der Waals surface area contributed by atoms with Crippen LogP contribution in [0.2, 0.25) is 0 Å². The first-order chi connectivity index (χ1) is 10.1. The van der Waals surface area contributed by atoms with Crippen LogP contribution < -0.4 is 5.32 Å². The van der Waals surface area contributed by atoms with Gasteiger partial charge in [-0.15, -0.1) is 0 Å². The molecule has 1 fully saturated rings. The van der Waals surface area contributed by atoms with E-state index in [0.717, 1.165) is 18.7 Å². The van der Waals surface area contributed by atoms with Gasteiger partial charge in [0.25, 0.3) is 0 Å². The van der Waals surface area contributed by atoms with Crippen molar-refractivity contribution >= 4 is 17.7 Å². The third-order valence-electron chi connectivity index (χ3n) is 4.34. The van der Waals surface area contributed by atoms with E-state index in [9.17, 15) is 4.79 Å². The van der Waals surface area contributed by atoms with E-state index in [1.165, 1.54) is 11.1 Å². The van der Waals surface area contributed by atoms with Gasteiger partial charge in [0.05, 0.1) is 6.04 Å². The second-order valence-electron chi connectivity index (χ2n) is 5.87. The molecule has 3 atom stereocenters. The molecule has 0 spiro atoms. The summed E-state index contributed by atoms with van der Waals surface area (Å²) in [5.74, 6) is 1.59. The van der Waals surface area contributed by atoms with Gasteiger partial charge in [0.2, 0.25) is 5.91 Å². The zero-order chi connectivity index (χ0) is 15.4. The van der Waals surface area contributed by atoms with Gasteiger partial charge in [0, 0.05) is 12.3 Å². The molecule has 0 aromatic heterocycles. The van der Waals surface area contributed by atoms with Crippen molar-refractivity contribution in [1.29, 1.82) is 0 Å². The van der Waals surface area contributed by atoms with Crippen molar-refractivity contribution in [2.45, 2.75) is 39.4 Å². The maximum absolute atomic E-state index is 12.7. The Balaban J connectivity index is 2.23. The Hall–Kier alpha value is -1.00. The Kier molecular flexibility index (Phi) is 5.71. The first kappa shape index (κ1) is 16.4. The number of hydrogen-bond donors (Lipinski definition) is 1. The molecule has 1 aliphatic rings. The van der Waals surface area contributed by atoms with Gasteiger partial charge >= 0.3 is 0 Å². The van der Waals surface area contributed by atoms with Crippen LogP contribution in [0.15, 0.2) is 24.3 Å². The molecule has 116 valence electrons. The molecule has 0 aliphatic carbocycles. The predicted molar refractivity (Wildman–Crippen MR) is 90.4 cm³/mol. The Bertz CT molecular complexity index is 474. The fourth-order valence-corrected chi connectivity index (χ4v) is 3.11. The Labute approximate surface area is 132 Å². The average molecular weight is 306 g/mol. The molecule has 1 aromatic carbocycles. The van der Waals surface area contributed by atoms with Crippen LogP contribution in [0.1, 0.15) is 37.6 Å². The molecule has 4 heteroatoms. The van der Waals surface area contributed by atoms with Crippen molar-refractivity contribution in [2.24, 2.45) is 5.92 Å². The maximum Gasteiger partial charge on any atom is 0.241 e. The molecular formula is C17H26N2OS. The number of carbonyl (C=O) groups excluding carboxylic acids is 1. The summed E-state index contributed by atoms with van der Waals surface area (Å²) in [6, 6.07) is 8.44.